The second kappa shape index (κ2) is 9.00. The number of fused-ring (bicyclic) bond motifs is 1. The molecule has 3 aromatic rings. The molecule has 0 spiro atoms. The molecule has 6 heteroatoms. The average Bonchev–Trinajstić information content (AvgIpc) is 3.19. The fraction of sp³-hybridized carbons (Fsp3) is 0.240. The molecule has 0 aromatic heterocycles. The van der Waals surface area contributed by atoms with Crippen LogP contribution in [0.1, 0.15) is 18.9 Å². The lowest BCUT2D eigenvalue weighted by atomic mass is 10.1. The molecule has 0 aliphatic carbocycles. The number of aryl methyl sites for hydroxylation is 1. The van der Waals surface area contributed by atoms with E-state index in [1.807, 2.05) is 60.7 Å². The summed E-state index contributed by atoms with van der Waals surface area (Å²) in [5.41, 5.74) is 2.59. The Labute approximate surface area is 180 Å². The molecule has 0 bridgehead atoms. The molecule has 31 heavy (non-hydrogen) atoms. The highest BCUT2D eigenvalue weighted by atomic mass is 16.5. The Bertz CT molecular complexity index is 1120. The summed E-state index contributed by atoms with van der Waals surface area (Å²) in [7, 11) is 0. The fourth-order valence-corrected chi connectivity index (χ4v) is 3.75. The lowest BCUT2D eigenvalue weighted by molar-refractivity contribution is -0.151. The van der Waals surface area contributed by atoms with Gasteiger partial charge < -0.3 is 15.0 Å². The number of carbonyl (C=O) groups excluding carboxylic acids is 3. The lowest BCUT2D eigenvalue weighted by Crippen LogP contribution is -2.28. The average molecular weight is 416 g/mol. The highest BCUT2D eigenvalue weighted by molar-refractivity contribution is 6.00. The number of rotatable bonds is 6. The van der Waals surface area contributed by atoms with Crippen LogP contribution in [0.25, 0.3) is 10.8 Å². The molecule has 6 nitrogen and oxygen atoms in total. The van der Waals surface area contributed by atoms with Crippen molar-refractivity contribution >= 4 is 39.9 Å². The van der Waals surface area contributed by atoms with E-state index in [0.717, 1.165) is 22.9 Å². The van der Waals surface area contributed by atoms with E-state index >= 15 is 0 Å². The lowest BCUT2D eigenvalue weighted by Gasteiger charge is -2.17. The molecule has 158 valence electrons. The summed E-state index contributed by atoms with van der Waals surface area (Å²) in [6.45, 7) is 1.94. The van der Waals surface area contributed by atoms with Crippen LogP contribution in [0.3, 0.4) is 0 Å². The summed E-state index contributed by atoms with van der Waals surface area (Å²) < 4.78 is 5.19. The van der Waals surface area contributed by atoms with Gasteiger partial charge in [-0.15, -0.1) is 0 Å². The van der Waals surface area contributed by atoms with E-state index in [9.17, 15) is 14.4 Å². The van der Waals surface area contributed by atoms with Gasteiger partial charge in [0.15, 0.2) is 6.61 Å². The Kier molecular flexibility index (Phi) is 5.98. The molecule has 0 radical (unpaired) electrons. The second-order valence-electron chi connectivity index (χ2n) is 7.64. The molecule has 1 heterocycles. The Morgan fingerprint density at radius 2 is 1.77 bits per heavy atom. The van der Waals surface area contributed by atoms with Gasteiger partial charge in [0.25, 0.3) is 5.91 Å². The van der Waals surface area contributed by atoms with Crippen LogP contribution in [0, 0.1) is 5.92 Å². The molecule has 0 unspecified atom stereocenters. The Morgan fingerprint density at radius 3 is 2.52 bits per heavy atom. The van der Waals surface area contributed by atoms with E-state index in [1.54, 1.807) is 11.0 Å². The van der Waals surface area contributed by atoms with Gasteiger partial charge in [-0.2, -0.15) is 0 Å². The Morgan fingerprint density at radius 1 is 1.03 bits per heavy atom. The first-order chi connectivity index (χ1) is 15.0. The summed E-state index contributed by atoms with van der Waals surface area (Å²) in [5, 5.41) is 4.82. The third-order valence-electron chi connectivity index (χ3n) is 5.49. The first-order valence-electron chi connectivity index (χ1n) is 10.4. The van der Waals surface area contributed by atoms with E-state index < -0.39 is 17.8 Å². The molecule has 1 atom stereocenters. The van der Waals surface area contributed by atoms with Crippen molar-refractivity contribution in [3.05, 3.63) is 72.3 Å². The first kappa shape index (κ1) is 20.6. The topological polar surface area (TPSA) is 75.7 Å². The van der Waals surface area contributed by atoms with E-state index in [-0.39, 0.29) is 25.5 Å². The standard InChI is InChI=1S/C25H24N2O4/c1-2-17-7-11-22(12-8-17)27-15-20(14-24(27)29)25(30)31-16-23(28)26-21-10-9-18-5-3-4-6-19(18)13-21/h3-13,20H,2,14-16H2,1H3,(H,26,28)/t20-/m1/s1. The van der Waals surface area contributed by atoms with Gasteiger partial charge in [-0.25, -0.2) is 0 Å². The molecule has 1 aliphatic heterocycles. The first-order valence-corrected chi connectivity index (χ1v) is 10.4. The van der Waals surface area contributed by atoms with Gasteiger partial charge >= 0.3 is 5.97 Å². The zero-order valence-electron chi connectivity index (χ0n) is 17.3. The SMILES string of the molecule is CCc1ccc(N2C[C@H](C(=O)OCC(=O)Nc3ccc4ccccc4c3)CC2=O)cc1. The summed E-state index contributed by atoms with van der Waals surface area (Å²) in [6.07, 6.45) is 1.01. The van der Waals surface area contributed by atoms with Gasteiger partial charge in [-0.1, -0.05) is 49.4 Å². The van der Waals surface area contributed by atoms with E-state index in [1.165, 1.54) is 5.56 Å². The predicted octanol–water partition coefficient (Wildman–Crippen LogP) is 3.94. The summed E-state index contributed by atoms with van der Waals surface area (Å²) in [4.78, 5) is 38.6. The number of carbonyl (C=O) groups is 3. The van der Waals surface area contributed by atoms with Crippen LogP contribution in [0.4, 0.5) is 11.4 Å². The summed E-state index contributed by atoms with van der Waals surface area (Å²) >= 11 is 0. The minimum absolute atomic E-state index is 0.0840. The van der Waals surface area contributed by atoms with Crippen LogP contribution < -0.4 is 10.2 Å². The number of nitrogens with zero attached hydrogens (tertiary/aromatic N) is 1. The van der Waals surface area contributed by atoms with Crippen LogP contribution in [0.15, 0.2) is 66.7 Å². The maximum Gasteiger partial charge on any atom is 0.311 e. The van der Waals surface area contributed by atoms with Crippen LogP contribution in [-0.2, 0) is 25.5 Å². The van der Waals surface area contributed by atoms with Gasteiger partial charge in [0, 0.05) is 24.3 Å². The van der Waals surface area contributed by atoms with Crippen molar-refractivity contribution in [2.45, 2.75) is 19.8 Å². The number of hydrogen-bond donors (Lipinski definition) is 1. The number of anilines is 2. The van der Waals surface area contributed by atoms with E-state index in [4.69, 9.17) is 4.74 Å². The zero-order valence-corrected chi connectivity index (χ0v) is 17.3. The van der Waals surface area contributed by atoms with Gasteiger partial charge in [0.2, 0.25) is 5.91 Å². The van der Waals surface area contributed by atoms with Gasteiger partial charge in [-0.05, 0) is 47.0 Å². The third-order valence-corrected chi connectivity index (χ3v) is 5.49. The second-order valence-corrected chi connectivity index (χ2v) is 7.64. The molecular weight excluding hydrogens is 392 g/mol. The largest absolute Gasteiger partial charge is 0.455 e. The van der Waals surface area contributed by atoms with Gasteiger partial charge in [0.05, 0.1) is 5.92 Å². The minimum Gasteiger partial charge on any atom is -0.455 e. The summed E-state index contributed by atoms with van der Waals surface area (Å²) in [6, 6.07) is 21.2. The quantitative estimate of drug-likeness (QED) is 0.618. The third kappa shape index (κ3) is 4.74. The molecule has 1 saturated heterocycles. The monoisotopic (exact) mass is 416 g/mol. The van der Waals surface area contributed by atoms with Gasteiger partial charge in [-0.3, -0.25) is 14.4 Å². The maximum absolute atomic E-state index is 12.4. The highest BCUT2D eigenvalue weighted by Gasteiger charge is 2.36. The maximum atomic E-state index is 12.4. The smallest absolute Gasteiger partial charge is 0.311 e. The molecule has 0 saturated carbocycles. The number of nitrogens with one attached hydrogen (secondary N) is 1. The molecule has 1 fully saturated rings. The molecule has 4 rings (SSSR count). The number of hydrogen-bond acceptors (Lipinski definition) is 4. The van der Waals surface area contributed by atoms with E-state index in [2.05, 4.69) is 12.2 Å². The number of esters is 1. The van der Waals surface area contributed by atoms with Crippen molar-refractivity contribution in [2.24, 2.45) is 5.92 Å². The van der Waals surface area contributed by atoms with Crippen molar-refractivity contribution in [2.75, 3.05) is 23.4 Å². The Hall–Kier alpha value is -3.67. The Balaban J connectivity index is 1.30. The van der Waals surface area contributed by atoms with Crippen LogP contribution in [-0.4, -0.2) is 30.9 Å². The normalized spacial score (nSPS) is 15.8. The van der Waals surface area contributed by atoms with Gasteiger partial charge in [0.1, 0.15) is 0 Å². The molecule has 2 amide bonds. The van der Waals surface area contributed by atoms with Crippen LogP contribution >= 0.6 is 0 Å². The van der Waals surface area contributed by atoms with Crippen molar-refractivity contribution in [1.82, 2.24) is 0 Å². The molecule has 1 aliphatic rings. The van der Waals surface area contributed by atoms with Crippen LogP contribution in [0.5, 0.6) is 0 Å². The van der Waals surface area contributed by atoms with Crippen LogP contribution in [0.2, 0.25) is 0 Å². The predicted molar refractivity (Wildman–Crippen MR) is 120 cm³/mol. The zero-order chi connectivity index (χ0) is 21.8. The fourth-order valence-electron chi connectivity index (χ4n) is 3.75. The molecule has 1 N–H and O–H groups in total. The number of benzene rings is 3. The highest BCUT2D eigenvalue weighted by Crippen LogP contribution is 2.26. The van der Waals surface area contributed by atoms with Crippen molar-refractivity contribution in [3.8, 4) is 0 Å². The summed E-state index contributed by atoms with van der Waals surface area (Å²) in [5.74, 6) is -1.65. The minimum atomic E-state index is -0.577. The van der Waals surface area contributed by atoms with Crippen molar-refractivity contribution < 1.29 is 19.1 Å². The van der Waals surface area contributed by atoms with Crippen molar-refractivity contribution in [1.29, 1.82) is 0 Å². The molecule has 3 aromatic carbocycles. The van der Waals surface area contributed by atoms with Crippen molar-refractivity contribution in [3.63, 3.8) is 0 Å². The molecular formula is C25H24N2O4. The van der Waals surface area contributed by atoms with E-state index in [0.29, 0.717) is 5.69 Å². The number of ether oxygens (including phenoxy) is 1. The number of amides is 2.